The Morgan fingerprint density at radius 1 is 1.03 bits per heavy atom. The first-order valence-corrected chi connectivity index (χ1v) is 10.8. The topological polar surface area (TPSA) is 145 Å². The van der Waals surface area contributed by atoms with E-state index in [-0.39, 0.29) is 6.41 Å². The minimum absolute atomic E-state index is 0.250. The van der Waals surface area contributed by atoms with E-state index >= 15 is 0 Å². The summed E-state index contributed by atoms with van der Waals surface area (Å²) in [6.07, 6.45) is 7.34. The Morgan fingerprint density at radius 3 is 1.86 bits per heavy atom. The third kappa shape index (κ3) is 5.85. The van der Waals surface area contributed by atoms with Crippen LogP contribution in [0.15, 0.2) is 29.2 Å². The van der Waals surface area contributed by atoms with Crippen LogP contribution in [0.25, 0.3) is 0 Å². The summed E-state index contributed by atoms with van der Waals surface area (Å²) in [5, 5.41) is 14.8. The van der Waals surface area contributed by atoms with Crippen molar-refractivity contribution >= 4 is 23.1 Å². The number of aromatic nitrogens is 1. The van der Waals surface area contributed by atoms with Crippen LogP contribution in [-0.2, 0) is 47.1 Å². The van der Waals surface area contributed by atoms with Crippen LogP contribution in [0.1, 0.15) is 54.8 Å². The van der Waals surface area contributed by atoms with E-state index in [1.807, 2.05) is 0 Å². The fourth-order valence-corrected chi connectivity index (χ4v) is 4.03. The molecular formula is C21H30N4O3S. The molecule has 0 saturated carbocycles. The SMILES string of the molecule is CC(C)(O)c1ccc(S(N)=O)cc1.NC=O.Nc1c2c(nc3c1CCC3)CCC2. The summed E-state index contributed by atoms with van der Waals surface area (Å²) >= 11 is 0. The summed E-state index contributed by atoms with van der Waals surface area (Å²) in [7, 11) is -1.45. The van der Waals surface area contributed by atoms with E-state index in [1.54, 1.807) is 38.1 Å². The van der Waals surface area contributed by atoms with Crippen molar-refractivity contribution in [1.82, 2.24) is 4.98 Å². The number of rotatable bonds is 2. The summed E-state index contributed by atoms with van der Waals surface area (Å²) in [5.74, 6) is 0. The number of fused-ring (bicyclic) bond motifs is 2. The van der Waals surface area contributed by atoms with Crippen molar-refractivity contribution in [2.75, 3.05) is 5.73 Å². The van der Waals surface area contributed by atoms with Crippen LogP contribution in [-0.4, -0.2) is 20.7 Å². The number of aryl methyl sites for hydroxylation is 2. The number of nitrogens with two attached hydrogens (primary N) is 3. The number of carbonyl (C=O) groups excluding carboxylic acids is 1. The lowest BCUT2D eigenvalue weighted by Crippen LogP contribution is -2.15. The summed E-state index contributed by atoms with van der Waals surface area (Å²) in [5.41, 5.74) is 16.6. The molecule has 0 radical (unpaired) electrons. The van der Waals surface area contributed by atoms with Crippen LogP contribution < -0.4 is 16.6 Å². The third-order valence-corrected chi connectivity index (χ3v) is 5.83. The van der Waals surface area contributed by atoms with Crippen molar-refractivity contribution in [3.8, 4) is 0 Å². The summed E-state index contributed by atoms with van der Waals surface area (Å²) < 4.78 is 10.8. The average molecular weight is 419 g/mol. The number of anilines is 1. The molecule has 2 aliphatic carbocycles. The normalized spacial score (nSPS) is 15.2. The Labute approximate surface area is 174 Å². The molecule has 1 aromatic heterocycles. The lowest BCUT2D eigenvalue weighted by Gasteiger charge is -2.17. The van der Waals surface area contributed by atoms with Crippen molar-refractivity contribution in [2.24, 2.45) is 10.9 Å². The number of aliphatic hydroxyl groups is 1. The first-order chi connectivity index (χ1) is 13.7. The van der Waals surface area contributed by atoms with E-state index in [2.05, 4.69) is 5.73 Å². The zero-order chi connectivity index (χ0) is 21.6. The molecule has 1 atom stereocenters. The second kappa shape index (κ2) is 9.96. The monoisotopic (exact) mass is 418 g/mol. The zero-order valence-electron chi connectivity index (χ0n) is 17.0. The maximum Gasteiger partial charge on any atom is 0.204 e. The van der Waals surface area contributed by atoms with Gasteiger partial charge in [-0.2, -0.15) is 0 Å². The maximum atomic E-state index is 10.8. The van der Waals surface area contributed by atoms with Gasteiger partial charge in [-0.15, -0.1) is 0 Å². The van der Waals surface area contributed by atoms with Gasteiger partial charge in [-0.1, -0.05) is 12.1 Å². The molecule has 0 bridgehead atoms. The van der Waals surface area contributed by atoms with Crippen molar-refractivity contribution < 1.29 is 14.1 Å². The minimum atomic E-state index is -1.45. The Morgan fingerprint density at radius 2 is 1.48 bits per heavy atom. The summed E-state index contributed by atoms with van der Waals surface area (Å²) in [6, 6.07) is 6.76. The quantitative estimate of drug-likeness (QED) is 0.548. The fraction of sp³-hybridized carbons (Fsp3) is 0.429. The van der Waals surface area contributed by atoms with Gasteiger partial charge in [0.15, 0.2) is 0 Å². The van der Waals surface area contributed by atoms with Crippen molar-refractivity contribution in [1.29, 1.82) is 0 Å². The number of amides is 1. The van der Waals surface area contributed by atoms with E-state index in [4.69, 9.17) is 20.7 Å². The smallest absolute Gasteiger partial charge is 0.204 e. The van der Waals surface area contributed by atoms with Crippen molar-refractivity contribution in [2.45, 2.75) is 62.9 Å². The third-order valence-electron chi connectivity index (χ3n) is 5.09. The Bertz CT molecular complexity index is 845. The molecule has 158 valence electrons. The second-order valence-electron chi connectivity index (χ2n) is 7.60. The standard InChI is InChI=1S/C11H14N2.C9H13NO2S.CH3NO/c12-11-7-3-1-5-9(7)13-10-6-2-4-8(10)11;1-9(2,11)7-3-5-8(6-4-7)13(10)12;2-1-3/h1-6H2,(H2,12,13);3-6,11H,10H2,1-2H3;1H,(H2,2,3). The van der Waals surface area contributed by atoms with E-state index in [0.29, 0.717) is 4.90 Å². The van der Waals surface area contributed by atoms with Gasteiger partial charge in [-0.3, -0.25) is 9.78 Å². The Hall–Kier alpha value is -2.29. The highest BCUT2D eigenvalue weighted by atomic mass is 32.2. The molecule has 1 heterocycles. The largest absolute Gasteiger partial charge is 0.398 e. The lowest BCUT2D eigenvalue weighted by molar-refractivity contribution is -0.106. The first kappa shape index (κ1) is 23.0. The second-order valence-corrected chi connectivity index (χ2v) is 8.67. The molecule has 2 aromatic rings. The van der Waals surface area contributed by atoms with Crippen LogP contribution in [0.4, 0.5) is 5.69 Å². The molecule has 0 spiro atoms. The van der Waals surface area contributed by atoms with Gasteiger partial charge in [0.05, 0.1) is 10.5 Å². The van der Waals surface area contributed by atoms with E-state index in [9.17, 15) is 9.32 Å². The highest BCUT2D eigenvalue weighted by Crippen LogP contribution is 2.34. The molecule has 29 heavy (non-hydrogen) atoms. The van der Waals surface area contributed by atoms with Gasteiger partial charge in [0.2, 0.25) is 6.41 Å². The predicted octanol–water partition coefficient (Wildman–Crippen LogP) is 1.64. The molecule has 1 aromatic carbocycles. The van der Waals surface area contributed by atoms with Crippen molar-refractivity contribution in [3.63, 3.8) is 0 Å². The van der Waals surface area contributed by atoms with Gasteiger partial charge < -0.3 is 16.6 Å². The van der Waals surface area contributed by atoms with Crippen molar-refractivity contribution in [3.05, 3.63) is 52.3 Å². The molecule has 0 fully saturated rings. The molecule has 1 unspecified atom stereocenters. The fourth-order valence-electron chi connectivity index (χ4n) is 3.62. The summed E-state index contributed by atoms with van der Waals surface area (Å²) in [6.45, 7) is 3.39. The molecule has 7 nitrogen and oxygen atoms in total. The van der Waals surface area contributed by atoms with E-state index in [0.717, 1.165) is 36.9 Å². The number of hydrogen-bond donors (Lipinski definition) is 4. The van der Waals surface area contributed by atoms with Crippen LogP contribution >= 0.6 is 0 Å². The number of pyridine rings is 1. The summed E-state index contributed by atoms with van der Waals surface area (Å²) in [4.78, 5) is 13.9. The van der Waals surface area contributed by atoms with Crippen LogP contribution in [0.2, 0.25) is 0 Å². The molecule has 8 heteroatoms. The highest BCUT2D eigenvalue weighted by Gasteiger charge is 2.23. The van der Waals surface area contributed by atoms with E-state index in [1.165, 1.54) is 35.4 Å². The van der Waals surface area contributed by atoms with Crippen LogP contribution in [0.3, 0.4) is 0 Å². The number of nitrogens with zero attached hydrogens (tertiary/aromatic N) is 1. The zero-order valence-corrected chi connectivity index (χ0v) is 17.8. The molecule has 0 aliphatic heterocycles. The minimum Gasteiger partial charge on any atom is -0.398 e. The number of nitrogen functional groups attached to an aromatic ring is 1. The van der Waals surface area contributed by atoms with E-state index < -0.39 is 16.6 Å². The van der Waals surface area contributed by atoms with Gasteiger partial charge in [-0.05, 0) is 81.2 Å². The lowest BCUT2D eigenvalue weighted by atomic mass is 9.99. The van der Waals surface area contributed by atoms with Crippen LogP contribution in [0.5, 0.6) is 0 Å². The Kier molecular flexibility index (Phi) is 7.89. The molecule has 2 aliphatic rings. The molecular weight excluding hydrogens is 388 g/mol. The molecule has 0 saturated heterocycles. The predicted molar refractivity (Wildman–Crippen MR) is 115 cm³/mol. The number of carbonyl (C=O) groups is 1. The Balaban J connectivity index is 0.000000183. The average Bonchev–Trinajstić information content (AvgIpc) is 3.32. The van der Waals surface area contributed by atoms with Gasteiger partial charge >= 0.3 is 0 Å². The van der Waals surface area contributed by atoms with Gasteiger partial charge in [-0.25, -0.2) is 9.35 Å². The molecule has 1 amide bonds. The maximum absolute atomic E-state index is 10.8. The molecule has 7 N–H and O–H groups in total. The first-order valence-electron chi connectivity index (χ1n) is 9.62. The number of benzene rings is 1. The highest BCUT2D eigenvalue weighted by molar-refractivity contribution is 7.82. The van der Waals surface area contributed by atoms with Gasteiger partial charge in [0.25, 0.3) is 0 Å². The number of hydrogen-bond acceptors (Lipinski definition) is 5. The molecule has 4 rings (SSSR count). The van der Waals surface area contributed by atoms with Gasteiger partial charge in [0, 0.05) is 17.1 Å². The van der Waals surface area contributed by atoms with Crippen LogP contribution in [0, 0.1) is 0 Å². The number of primary amides is 1. The van der Waals surface area contributed by atoms with Gasteiger partial charge in [0.1, 0.15) is 11.0 Å².